The van der Waals surface area contributed by atoms with Crippen molar-refractivity contribution in [1.82, 2.24) is 9.80 Å². The van der Waals surface area contributed by atoms with Gasteiger partial charge in [-0.2, -0.15) is 0 Å². The SMILES string of the molecule is CCc1cc(CO)cc(O)c1CN(CC(CO)N(Cc1c(O)ccc(CO)c1CC)CP(=O)(O)O)CP(=O)([O-])O.[Fe+2]. The Bertz CT molecular complexity index is 1240. The first-order valence-electron chi connectivity index (χ1n) is 12.7. The molecule has 2 atom stereocenters. The molecule has 0 amide bonds. The predicted molar refractivity (Wildman–Crippen MR) is 145 cm³/mol. The maximum Gasteiger partial charge on any atom is 2.00 e. The van der Waals surface area contributed by atoms with Crippen molar-refractivity contribution < 1.29 is 71.3 Å². The monoisotopic (exact) mass is 661 g/mol. The van der Waals surface area contributed by atoms with E-state index in [-0.39, 0.29) is 67.0 Å². The summed E-state index contributed by atoms with van der Waals surface area (Å²) in [7, 11) is -9.64. The van der Waals surface area contributed by atoms with E-state index in [2.05, 4.69) is 0 Å². The van der Waals surface area contributed by atoms with Gasteiger partial charge < -0.3 is 49.7 Å². The number of hydrogen-bond acceptors (Lipinski definition) is 10. The van der Waals surface area contributed by atoms with E-state index < -0.39 is 40.4 Å². The quantitative estimate of drug-likeness (QED) is 0.0908. The third-order valence-electron chi connectivity index (χ3n) is 6.65. The number of aryl methyl sites for hydroxylation is 1. The van der Waals surface area contributed by atoms with Crippen LogP contribution in [0.2, 0.25) is 0 Å². The number of aliphatic hydroxyl groups is 3. The molecule has 2 aromatic carbocycles. The summed E-state index contributed by atoms with van der Waals surface area (Å²) in [6.07, 6.45) is -0.926. The summed E-state index contributed by atoms with van der Waals surface area (Å²) in [6, 6.07) is 4.76. The van der Waals surface area contributed by atoms with Crippen LogP contribution in [0.4, 0.5) is 0 Å². The van der Waals surface area contributed by atoms with Crippen LogP contribution in [0, 0.1) is 0 Å². The number of benzene rings is 2. The van der Waals surface area contributed by atoms with Gasteiger partial charge in [0.1, 0.15) is 25.4 Å². The van der Waals surface area contributed by atoms with E-state index in [0.717, 1.165) is 0 Å². The molecule has 2 unspecified atom stereocenters. The molecule has 0 radical (unpaired) electrons. The second kappa shape index (κ2) is 16.5. The normalized spacial score (nSPS) is 14.2. The summed E-state index contributed by atoms with van der Waals surface area (Å²) in [6.45, 7) is 1.47. The molecule has 16 heteroatoms. The summed E-state index contributed by atoms with van der Waals surface area (Å²) in [5, 5.41) is 50.7. The Labute approximate surface area is 249 Å². The molecule has 2 aromatic rings. The summed E-state index contributed by atoms with van der Waals surface area (Å²) in [5.41, 5.74) is 2.74. The number of phenols is 2. The van der Waals surface area contributed by atoms with Crippen LogP contribution in [-0.4, -0.2) is 81.8 Å². The molecule has 13 nitrogen and oxygen atoms in total. The molecular weight excluding hydrogens is 622 g/mol. The first-order chi connectivity index (χ1) is 18.7. The van der Waals surface area contributed by atoms with E-state index in [9.17, 15) is 54.2 Å². The van der Waals surface area contributed by atoms with Gasteiger partial charge in [0.2, 0.25) is 0 Å². The molecule has 232 valence electrons. The van der Waals surface area contributed by atoms with Crippen molar-refractivity contribution in [3.05, 3.63) is 57.6 Å². The van der Waals surface area contributed by atoms with Gasteiger partial charge in [0.15, 0.2) is 0 Å². The summed E-state index contributed by atoms with van der Waals surface area (Å²) < 4.78 is 24.0. The minimum Gasteiger partial charge on any atom is -0.778 e. The largest absolute Gasteiger partial charge is 2.00 e. The number of aromatic hydroxyl groups is 2. The van der Waals surface area contributed by atoms with Gasteiger partial charge in [-0.05, 0) is 47.2 Å². The zero-order valence-electron chi connectivity index (χ0n) is 22.9. The Hall–Kier alpha value is -1.34. The zero-order chi connectivity index (χ0) is 30.3. The second-order valence-electron chi connectivity index (χ2n) is 9.66. The predicted octanol–water partition coefficient (Wildman–Crippen LogP) is 0.508. The van der Waals surface area contributed by atoms with Crippen LogP contribution in [0.5, 0.6) is 11.5 Å². The molecule has 0 aliphatic heterocycles. The number of rotatable bonds is 16. The van der Waals surface area contributed by atoms with Crippen molar-refractivity contribution in [2.75, 3.05) is 25.7 Å². The minimum atomic E-state index is -4.92. The van der Waals surface area contributed by atoms with Gasteiger partial charge in [-0.3, -0.25) is 14.4 Å². The van der Waals surface area contributed by atoms with Gasteiger partial charge >= 0.3 is 24.7 Å². The average molecular weight is 661 g/mol. The maximum atomic E-state index is 12.1. The molecule has 0 aromatic heterocycles. The Morgan fingerprint density at radius 3 is 1.98 bits per heavy atom. The molecule has 2 rings (SSSR count). The zero-order valence-corrected chi connectivity index (χ0v) is 25.8. The van der Waals surface area contributed by atoms with Crippen LogP contribution in [0.3, 0.4) is 0 Å². The van der Waals surface area contributed by atoms with Gasteiger partial charge in [-0.15, -0.1) is 0 Å². The van der Waals surface area contributed by atoms with Crippen molar-refractivity contribution in [1.29, 1.82) is 0 Å². The van der Waals surface area contributed by atoms with Crippen LogP contribution >= 0.6 is 15.2 Å². The molecule has 0 saturated heterocycles. The maximum absolute atomic E-state index is 12.1. The molecule has 0 aliphatic carbocycles. The van der Waals surface area contributed by atoms with E-state index in [0.29, 0.717) is 40.7 Å². The average Bonchev–Trinajstić information content (AvgIpc) is 2.86. The fraction of sp³-hybridized carbons (Fsp3) is 0.520. The van der Waals surface area contributed by atoms with E-state index in [4.69, 9.17) is 0 Å². The van der Waals surface area contributed by atoms with Crippen LogP contribution in [-0.2, 0) is 65.3 Å². The fourth-order valence-corrected chi connectivity index (χ4v) is 6.36. The smallest absolute Gasteiger partial charge is 0.778 e. The van der Waals surface area contributed by atoms with Crippen molar-refractivity contribution in [3.8, 4) is 11.5 Å². The molecular formula is C25H39FeN2O11P2+. The standard InChI is InChI=1S/C25H40N2O11P2.Fe/c1-3-18-7-17(12-28)8-25(32)22(18)10-26(15-39(33,34)35)9-20(14-30)27(16-40(36,37)38)11-23-21(4-2)19(13-29)5-6-24(23)31;/h5-8,20,28-32H,3-4,9-16H2,1-2H3,(H2,33,34,35)(H2,36,37,38);/q;+2/p-1. The van der Waals surface area contributed by atoms with E-state index in [1.165, 1.54) is 28.0 Å². The number of hydrogen-bond donors (Lipinski definition) is 8. The van der Waals surface area contributed by atoms with Gasteiger partial charge in [-0.25, -0.2) is 0 Å². The Balaban J connectivity index is 0.00000840. The van der Waals surface area contributed by atoms with Crippen molar-refractivity contribution in [3.63, 3.8) is 0 Å². The molecule has 0 aliphatic rings. The fourth-order valence-electron chi connectivity index (χ4n) is 4.83. The Morgan fingerprint density at radius 2 is 1.49 bits per heavy atom. The van der Waals surface area contributed by atoms with E-state index in [1.54, 1.807) is 19.9 Å². The van der Waals surface area contributed by atoms with E-state index in [1.807, 2.05) is 0 Å². The van der Waals surface area contributed by atoms with Crippen LogP contribution in [0.15, 0.2) is 24.3 Å². The van der Waals surface area contributed by atoms with Gasteiger partial charge in [-0.1, -0.05) is 26.0 Å². The molecule has 0 saturated carbocycles. The molecule has 0 heterocycles. The van der Waals surface area contributed by atoms with Crippen molar-refractivity contribution >= 4 is 15.2 Å². The number of phenolic OH excluding ortho intramolecular Hbond substituents is 2. The van der Waals surface area contributed by atoms with Gasteiger partial charge in [0.05, 0.1) is 26.1 Å². The Kier molecular flexibility index (Phi) is 15.2. The van der Waals surface area contributed by atoms with Crippen molar-refractivity contribution in [2.24, 2.45) is 0 Å². The van der Waals surface area contributed by atoms with Crippen LogP contribution in [0.1, 0.15) is 47.2 Å². The molecule has 8 N–H and O–H groups in total. The third kappa shape index (κ3) is 11.3. The van der Waals surface area contributed by atoms with Crippen LogP contribution in [0.25, 0.3) is 0 Å². The minimum absolute atomic E-state index is 0. The van der Waals surface area contributed by atoms with Gasteiger partial charge in [0, 0.05) is 36.8 Å². The summed E-state index contributed by atoms with van der Waals surface area (Å²) >= 11 is 0. The summed E-state index contributed by atoms with van der Waals surface area (Å²) in [5.74, 6) is -0.391. The first kappa shape index (κ1) is 37.7. The molecule has 41 heavy (non-hydrogen) atoms. The third-order valence-corrected chi connectivity index (χ3v) is 8.14. The number of aliphatic hydroxyl groups excluding tert-OH is 3. The van der Waals surface area contributed by atoms with Crippen molar-refractivity contribution in [2.45, 2.75) is 59.0 Å². The molecule has 0 spiro atoms. The molecule has 0 bridgehead atoms. The van der Waals surface area contributed by atoms with E-state index >= 15 is 0 Å². The first-order valence-corrected chi connectivity index (χ1v) is 16.2. The topological polar surface area (TPSA) is 226 Å². The Morgan fingerprint density at radius 1 is 0.829 bits per heavy atom. The van der Waals surface area contributed by atoms with Crippen LogP contribution < -0.4 is 4.89 Å². The second-order valence-corrected chi connectivity index (χ2v) is 12.8. The number of nitrogens with zero attached hydrogens (tertiary/aromatic N) is 2. The van der Waals surface area contributed by atoms with Gasteiger partial charge in [0.25, 0.3) is 0 Å². The summed E-state index contributed by atoms with van der Waals surface area (Å²) in [4.78, 5) is 43.6. The molecule has 0 fully saturated rings.